The Kier molecular flexibility index (Phi) is 6.48. The molecule has 3 aromatic heterocycles. The third kappa shape index (κ3) is 5.03. The van der Waals surface area contributed by atoms with Crippen LogP contribution in [-0.2, 0) is 24.3 Å². The van der Waals surface area contributed by atoms with Crippen molar-refractivity contribution in [2.45, 2.75) is 26.4 Å². The Morgan fingerprint density at radius 2 is 1.68 bits per heavy atom. The molecule has 0 bridgehead atoms. The molecule has 0 radical (unpaired) electrons. The van der Waals surface area contributed by atoms with Gasteiger partial charge < -0.3 is 19.8 Å². The van der Waals surface area contributed by atoms with Gasteiger partial charge in [-0.2, -0.15) is 0 Å². The molecule has 0 saturated carbocycles. The van der Waals surface area contributed by atoms with Crippen molar-refractivity contribution in [3.8, 4) is 0 Å². The zero-order valence-electron chi connectivity index (χ0n) is 20.3. The van der Waals surface area contributed by atoms with Crippen molar-refractivity contribution in [2.24, 2.45) is 0 Å². The second-order valence-electron chi connectivity index (χ2n) is 8.75. The maximum atomic E-state index is 13.5. The lowest BCUT2D eigenvalue weighted by molar-refractivity contribution is -0.114. The highest BCUT2D eigenvalue weighted by Gasteiger charge is 2.20. The molecule has 5 rings (SSSR count). The van der Waals surface area contributed by atoms with Gasteiger partial charge in [0.05, 0.1) is 13.1 Å². The molecule has 11 heteroatoms. The van der Waals surface area contributed by atoms with Crippen molar-refractivity contribution in [3.63, 3.8) is 0 Å². The first kappa shape index (κ1) is 24.5. The van der Waals surface area contributed by atoms with Crippen LogP contribution in [0.25, 0.3) is 11.2 Å². The van der Waals surface area contributed by atoms with Crippen molar-refractivity contribution < 1.29 is 19.1 Å². The van der Waals surface area contributed by atoms with Gasteiger partial charge in [0.2, 0.25) is 11.7 Å². The van der Waals surface area contributed by atoms with Crippen molar-refractivity contribution in [2.75, 3.05) is 5.32 Å². The lowest BCUT2D eigenvalue weighted by Crippen LogP contribution is -2.40. The largest absolute Gasteiger partial charge is 0.475 e. The van der Waals surface area contributed by atoms with Crippen LogP contribution in [0.4, 0.5) is 5.69 Å². The zero-order valence-corrected chi connectivity index (χ0v) is 20.3. The van der Waals surface area contributed by atoms with Gasteiger partial charge in [-0.25, -0.2) is 14.6 Å². The number of carboxylic acids is 1. The van der Waals surface area contributed by atoms with E-state index in [4.69, 9.17) is 4.42 Å². The van der Waals surface area contributed by atoms with Gasteiger partial charge in [-0.3, -0.25) is 18.7 Å². The lowest BCUT2D eigenvalue weighted by atomic mass is 10.1. The molecule has 0 aliphatic rings. The molecule has 11 nitrogen and oxygen atoms in total. The average molecular weight is 514 g/mol. The fraction of sp³-hybridized carbons (Fsp3) is 0.148. The number of rotatable bonds is 8. The number of carbonyl (C=O) groups excluding carboxylic acids is 1. The number of carboxylic acid groups (broad SMARTS) is 1. The highest BCUT2D eigenvalue weighted by atomic mass is 16.4. The van der Waals surface area contributed by atoms with Crippen molar-refractivity contribution in [1.82, 2.24) is 19.1 Å². The molecular formula is C27H23N5O6. The number of benzene rings is 2. The van der Waals surface area contributed by atoms with Crippen LogP contribution in [0.2, 0.25) is 0 Å². The predicted octanol–water partition coefficient (Wildman–Crippen LogP) is 2.82. The molecule has 0 unspecified atom stereocenters. The highest BCUT2D eigenvalue weighted by molar-refractivity contribution is 5.88. The van der Waals surface area contributed by atoms with Crippen LogP contribution >= 0.6 is 0 Å². The van der Waals surface area contributed by atoms with E-state index in [2.05, 4.69) is 15.3 Å². The van der Waals surface area contributed by atoms with Gasteiger partial charge in [0, 0.05) is 19.0 Å². The number of aromatic amines is 1. The van der Waals surface area contributed by atoms with Gasteiger partial charge in [-0.05, 0) is 35.4 Å². The molecule has 0 spiro atoms. The van der Waals surface area contributed by atoms with Crippen molar-refractivity contribution >= 4 is 28.7 Å². The van der Waals surface area contributed by atoms with Crippen LogP contribution in [0.3, 0.4) is 0 Å². The summed E-state index contributed by atoms with van der Waals surface area (Å²) >= 11 is 0. The van der Waals surface area contributed by atoms with Crippen LogP contribution in [0, 0.1) is 0 Å². The van der Waals surface area contributed by atoms with E-state index in [1.165, 1.54) is 23.6 Å². The smallest absolute Gasteiger partial charge is 0.371 e. The van der Waals surface area contributed by atoms with Gasteiger partial charge in [0.1, 0.15) is 17.1 Å². The monoisotopic (exact) mass is 513 g/mol. The number of fused-ring (bicyclic) bond motifs is 1. The first-order chi connectivity index (χ1) is 18.3. The van der Waals surface area contributed by atoms with Crippen LogP contribution < -0.4 is 16.6 Å². The number of carbonyl (C=O) groups is 2. The second-order valence-corrected chi connectivity index (χ2v) is 8.75. The molecule has 1 amide bonds. The summed E-state index contributed by atoms with van der Waals surface area (Å²) < 4.78 is 7.78. The van der Waals surface area contributed by atoms with E-state index in [1.54, 1.807) is 12.1 Å². The molecule has 2 aromatic carbocycles. The number of imidazole rings is 1. The maximum Gasteiger partial charge on any atom is 0.371 e. The van der Waals surface area contributed by atoms with Crippen LogP contribution in [0.5, 0.6) is 0 Å². The number of anilines is 1. The highest BCUT2D eigenvalue weighted by Crippen LogP contribution is 2.16. The molecule has 5 aromatic rings. The number of nitrogens with zero attached hydrogens (tertiary/aromatic N) is 3. The summed E-state index contributed by atoms with van der Waals surface area (Å²) in [6.07, 6.45) is 0.339. The Morgan fingerprint density at radius 3 is 2.34 bits per heavy atom. The van der Waals surface area contributed by atoms with Gasteiger partial charge in [-0.1, -0.05) is 42.5 Å². The Morgan fingerprint density at radius 1 is 0.947 bits per heavy atom. The van der Waals surface area contributed by atoms with E-state index in [1.807, 2.05) is 42.5 Å². The van der Waals surface area contributed by atoms with Crippen molar-refractivity contribution in [1.29, 1.82) is 0 Å². The molecule has 0 aliphatic heterocycles. The molecule has 192 valence electrons. The number of hydrogen-bond acceptors (Lipinski definition) is 6. The summed E-state index contributed by atoms with van der Waals surface area (Å²) in [5.41, 5.74) is 1.46. The minimum atomic E-state index is -1.23. The molecule has 0 fully saturated rings. The summed E-state index contributed by atoms with van der Waals surface area (Å²) in [6, 6.07) is 19.1. The predicted molar refractivity (Wildman–Crippen MR) is 138 cm³/mol. The second kappa shape index (κ2) is 10.1. The minimum absolute atomic E-state index is 0.0476. The van der Waals surface area contributed by atoms with E-state index in [-0.39, 0.29) is 41.7 Å². The van der Waals surface area contributed by atoms with Gasteiger partial charge in [0.15, 0.2) is 5.65 Å². The molecular weight excluding hydrogens is 490 g/mol. The maximum absolute atomic E-state index is 13.5. The fourth-order valence-corrected chi connectivity index (χ4v) is 4.18. The number of aromatic carboxylic acids is 1. The number of furan rings is 1. The lowest BCUT2D eigenvalue weighted by Gasteiger charge is -2.10. The van der Waals surface area contributed by atoms with Gasteiger partial charge in [-0.15, -0.1) is 0 Å². The number of aromatic nitrogens is 4. The average Bonchev–Trinajstić information content (AvgIpc) is 3.54. The molecule has 3 N–H and O–H groups in total. The van der Waals surface area contributed by atoms with Gasteiger partial charge in [0.25, 0.3) is 5.56 Å². The van der Waals surface area contributed by atoms with Crippen LogP contribution in [-0.4, -0.2) is 36.1 Å². The third-order valence-electron chi connectivity index (χ3n) is 5.93. The molecule has 38 heavy (non-hydrogen) atoms. The van der Waals surface area contributed by atoms with Crippen LogP contribution in [0.15, 0.2) is 80.7 Å². The van der Waals surface area contributed by atoms with E-state index in [0.717, 1.165) is 15.7 Å². The normalized spacial score (nSPS) is 11.1. The SMILES string of the molecule is CC(=O)Nc1ccc(Cc2nc3c([nH]2)c(=O)n(Cc2ccccc2)c(=O)n3Cc2ccc(C(=O)O)o2)cc1. The standard InChI is InChI=1S/C27H23N5O6/c1-16(33)28-19-9-7-17(8-10-19)13-22-29-23-24(30-22)31(15-20-11-12-21(38-20)26(35)36)27(37)32(25(23)34)14-18-5-3-2-4-6-18/h2-12H,13-15H2,1H3,(H,28,33)(H,29,30)(H,35,36). The number of hydrogen-bond donors (Lipinski definition) is 3. The topological polar surface area (TPSA) is 152 Å². The summed E-state index contributed by atoms with van der Waals surface area (Å²) in [7, 11) is 0. The Bertz CT molecular complexity index is 1760. The van der Waals surface area contributed by atoms with Crippen molar-refractivity contribution in [3.05, 3.63) is 116 Å². The Labute approximate surface area is 215 Å². The summed E-state index contributed by atoms with van der Waals surface area (Å²) in [6.45, 7) is 1.36. The molecule has 0 aliphatic carbocycles. The summed E-state index contributed by atoms with van der Waals surface area (Å²) in [4.78, 5) is 57.1. The number of H-pyrrole nitrogens is 1. The third-order valence-corrected chi connectivity index (χ3v) is 5.93. The van der Waals surface area contributed by atoms with E-state index < -0.39 is 17.2 Å². The first-order valence-electron chi connectivity index (χ1n) is 11.7. The zero-order chi connectivity index (χ0) is 26.8. The van der Waals surface area contributed by atoms with E-state index >= 15 is 0 Å². The van der Waals surface area contributed by atoms with E-state index in [0.29, 0.717) is 17.9 Å². The number of amides is 1. The Hall–Kier alpha value is -5.19. The summed E-state index contributed by atoms with van der Waals surface area (Å²) in [5.74, 6) is -0.969. The Balaban J connectivity index is 1.57. The molecule has 0 atom stereocenters. The quantitative estimate of drug-likeness (QED) is 0.288. The van der Waals surface area contributed by atoms with E-state index in [9.17, 15) is 24.3 Å². The fourth-order valence-electron chi connectivity index (χ4n) is 4.18. The molecule has 0 saturated heterocycles. The summed E-state index contributed by atoms with van der Waals surface area (Å²) in [5, 5.41) is 11.9. The van der Waals surface area contributed by atoms with Crippen LogP contribution in [0.1, 0.15) is 40.2 Å². The van der Waals surface area contributed by atoms with Gasteiger partial charge >= 0.3 is 11.7 Å². The first-order valence-corrected chi connectivity index (χ1v) is 11.7. The number of nitrogens with one attached hydrogen (secondary N) is 2. The molecule has 3 heterocycles. The minimum Gasteiger partial charge on any atom is -0.475 e.